The topological polar surface area (TPSA) is 79.9 Å². The van der Waals surface area contributed by atoms with Crippen LogP contribution < -0.4 is 10.6 Å². The third-order valence-electron chi connectivity index (χ3n) is 3.17. The van der Waals surface area contributed by atoms with E-state index >= 15 is 0 Å². The summed E-state index contributed by atoms with van der Waals surface area (Å²) in [6.45, 7) is 2.88. The average Bonchev–Trinajstić information content (AvgIpc) is 2.46. The van der Waals surface area contributed by atoms with Gasteiger partial charge >= 0.3 is 0 Å². The van der Waals surface area contributed by atoms with Crippen LogP contribution in [0.15, 0.2) is 0 Å². The monoisotopic (exact) mass is 257 g/mol. The summed E-state index contributed by atoms with van der Waals surface area (Å²) in [6, 6.07) is -0.471. The maximum Gasteiger partial charge on any atom is 0.254 e. The Hall–Kier alpha value is -1.18. The van der Waals surface area contributed by atoms with Crippen molar-refractivity contribution in [1.82, 2.24) is 15.5 Å². The van der Waals surface area contributed by atoms with Crippen LogP contribution in [0.4, 0.5) is 0 Å². The number of amides is 2. The molecule has 0 spiro atoms. The number of nitrogens with zero attached hydrogens (tertiary/aromatic N) is 1. The van der Waals surface area contributed by atoms with Crippen molar-refractivity contribution in [3.63, 3.8) is 0 Å². The van der Waals surface area contributed by atoms with Crippen molar-refractivity contribution in [3.8, 4) is 0 Å². The predicted molar refractivity (Wildman–Crippen MR) is 63.0 cm³/mol. The Morgan fingerprint density at radius 1 is 1.39 bits per heavy atom. The number of hydrogen-bond acceptors (Lipinski definition) is 5. The number of nitrogens with one attached hydrogen (secondary N) is 2. The fourth-order valence-corrected chi connectivity index (χ4v) is 2.18. The minimum Gasteiger partial charge on any atom is -0.376 e. The van der Waals surface area contributed by atoms with E-state index in [1.54, 1.807) is 11.9 Å². The van der Waals surface area contributed by atoms with Crippen molar-refractivity contribution in [1.29, 1.82) is 0 Å². The molecule has 2 saturated heterocycles. The van der Waals surface area contributed by atoms with E-state index in [1.165, 1.54) is 0 Å². The number of carbonyl (C=O) groups is 2. The lowest BCUT2D eigenvalue weighted by Crippen LogP contribution is -2.61. The van der Waals surface area contributed by atoms with E-state index in [1.807, 2.05) is 0 Å². The lowest BCUT2D eigenvalue weighted by molar-refractivity contribution is -0.163. The van der Waals surface area contributed by atoms with E-state index in [2.05, 4.69) is 10.6 Å². The molecule has 0 aliphatic carbocycles. The Morgan fingerprint density at radius 2 is 2.22 bits per heavy atom. The second-order valence-electron chi connectivity index (χ2n) is 4.30. The van der Waals surface area contributed by atoms with E-state index in [0.29, 0.717) is 32.8 Å². The molecule has 2 N–H and O–H groups in total. The standard InChI is InChI=1S/C11H19N3O4/c1-12-10(15)8-6-13-2-3-14(8)11(16)9-7-17-4-5-18-9/h8-9,13H,2-7H2,1H3,(H,12,15). The molecule has 7 nitrogen and oxygen atoms in total. The van der Waals surface area contributed by atoms with Crippen molar-refractivity contribution in [2.45, 2.75) is 12.1 Å². The van der Waals surface area contributed by atoms with Gasteiger partial charge in [0.25, 0.3) is 5.91 Å². The first-order valence-electron chi connectivity index (χ1n) is 6.16. The normalized spacial score (nSPS) is 28.8. The van der Waals surface area contributed by atoms with Crippen LogP contribution in [0.3, 0.4) is 0 Å². The smallest absolute Gasteiger partial charge is 0.254 e. The Bertz CT molecular complexity index is 317. The van der Waals surface area contributed by atoms with Gasteiger partial charge in [0.05, 0.1) is 19.8 Å². The zero-order chi connectivity index (χ0) is 13.0. The van der Waals surface area contributed by atoms with Gasteiger partial charge in [-0.25, -0.2) is 0 Å². The fraction of sp³-hybridized carbons (Fsp3) is 0.818. The minimum absolute atomic E-state index is 0.160. The average molecular weight is 257 g/mol. The SMILES string of the molecule is CNC(=O)C1CNCCN1C(=O)C1COCCO1. The van der Waals surface area contributed by atoms with Crippen LogP contribution in [0.1, 0.15) is 0 Å². The third-order valence-corrected chi connectivity index (χ3v) is 3.17. The Balaban J connectivity index is 2.03. The van der Waals surface area contributed by atoms with Gasteiger partial charge in [0.15, 0.2) is 6.10 Å². The van der Waals surface area contributed by atoms with Gasteiger partial charge in [-0.1, -0.05) is 0 Å². The highest BCUT2D eigenvalue weighted by Crippen LogP contribution is 2.11. The molecule has 2 rings (SSSR count). The maximum absolute atomic E-state index is 12.3. The molecule has 0 aromatic heterocycles. The highest BCUT2D eigenvalue weighted by molar-refractivity contribution is 5.89. The molecule has 0 saturated carbocycles. The van der Waals surface area contributed by atoms with Crippen LogP contribution in [0.5, 0.6) is 0 Å². The van der Waals surface area contributed by atoms with E-state index in [4.69, 9.17) is 9.47 Å². The Labute approximate surface area is 106 Å². The van der Waals surface area contributed by atoms with Crippen LogP contribution >= 0.6 is 0 Å². The van der Waals surface area contributed by atoms with Crippen LogP contribution in [0.25, 0.3) is 0 Å². The molecule has 102 valence electrons. The zero-order valence-corrected chi connectivity index (χ0v) is 10.5. The van der Waals surface area contributed by atoms with Crippen LogP contribution in [0, 0.1) is 0 Å². The summed E-state index contributed by atoms with van der Waals surface area (Å²) in [5.74, 6) is -0.322. The predicted octanol–water partition coefficient (Wildman–Crippen LogP) is -2.05. The summed E-state index contributed by atoms with van der Waals surface area (Å²) in [5.41, 5.74) is 0. The second-order valence-corrected chi connectivity index (χ2v) is 4.30. The van der Waals surface area contributed by atoms with Gasteiger partial charge in [0.1, 0.15) is 6.04 Å². The van der Waals surface area contributed by atoms with E-state index in [0.717, 1.165) is 0 Å². The Morgan fingerprint density at radius 3 is 2.89 bits per heavy atom. The number of ether oxygens (including phenoxy) is 2. The van der Waals surface area contributed by atoms with Crippen molar-refractivity contribution < 1.29 is 19.1 Å². The zero-order valence-electron chi connectivity index (χ0n) is 10.5. The number of piperazine rings is 1. The maximum atomic E-state index is 12.3. The molecular formula is C11H19N3O4. The molecule has 0 aromatic rings. The van der Waals surface area contributed by atoms with Gasteiger partial charge in [0, 0.05) is 26.7 Å². The van der Waals surface area contributed by atoms with Crippen molar-refractivity contribution >= 4 is 11.8 Å². The van der Waals surface area contributed by atoms with E-state index < -0.39 is 12.1 Å². The molecule has 7 heteroatoms. The van der Waals surface area contributed by atoms with Crippen molar-refractivity contribution in [2.24, 2.45) is 0 Å². The molecule has 2 unspecified atom stereocenters. The van der Waals surface area contributed by atoms with Crippen molar-refractivity contribution in [3.05, 3.63) is 0 Å². The summed E-state index contributed by atoms with van der Waals surface area (Å²) < 4.78 is 10.6. The summed E-state index contributed by atoms with van der Waals surface area (Å²) in [6.07, 6.45) is -0.580. The molecule has 0 bridgehead atoms. The highest BCUT2D eigenvalue weighted by Gasteiger charge is 2.36. The van der Waals surface area contributed by atoms with Crippen LogP contribution in [-0.4, -0.2) is 75.4 Å². The number of likely N-dealkylation sites (N-methyl/N-ethyl adjacent to an activating group) is 1. The molecule has 2 atom stereocenters. The van der Waals surface area contributed by atoms with E-state index in [-0.39, 0.29) is 18.4 Å². The summed E-state index contributed by atoms with van der Waals surface area (Å²) in [7, 11) is 1.57. The van der Waals surface area contributed by atoms with Crippen LogP contribution in [0.2, 0.25) is 0 Å². The molecule has 18 heavy (non-hydrogen) atoms. The largest absolute Gasteiger partial charge is 0.376 e. The Kier molecular flexibility index (Phi) is 4.51. The van der Waals surface area contributed by atoms with Gasteiger partial charge in [0.2, 0.25) is 5.91 Å². The number of carbonyl (C=O) groups excluding carboxylic acids is 2. The molecule has 0 aromatic carbocycles. The van der Waals surface area contributed by atoms with Crippen LogP contribution in [-0.2, 0) is 19.1 Å². The molecule has 2 fully saturated rings. The lowest BCUT2D eigenvalue weighted by atomic mass is 10.1. The highest BCUT2D eigenvalue weighted by atomic mass is 16.6. The number of rotatable bonds is 2. The number of hydrogen-bond donors (Lipinski definition) is 2. The van der Waals surface area contributed by atoms with Gasteiger partial charge < -0.3 is 25.0 Å². The van der Waals surface area contributed by atoms with Gasteiger partial charge in [-0.15, -0.1) is 0 Å². The first-order chi connectivity index (χ1) is 8.74. The van der Waals surface area contributed by atoms with Crippen molar-refractivity contribution in [2.75, 3.05) is 46.5 Å². The van der Waals surface area contributed by atoms with E-state index in [9.17, 15) is 9.59 Å². The molecule has 2 aliphatic heterocycles. The fourth-order valence-electron chi connectivity index (χ4n) is 2.18. The molecular weight excluding hydrogens is 238 g/mol. The molecule has 2 aliphatic rings. The first-order valence-corrected chi connectivity index (χ1v) is 6.16. The van der Waals surface area contributed by atoms with Gasteiger partial charge in [-0.3, -0.25) is 9.59 Å². The molecule has 2 amide bonds. The summed E-state index contributed by atoms with van der Waals surface area (Å²) in [5, 5.41) is 5.69. The second kappa shape index (κ2) is 6.12. The van der Waals surface area contributed by atoms with Gasteiger partial charge in [-0.05, 0) is 0 Å². The summed E-state index contributed by atoms with van der Waals surface area (Å²) in [4.78, 5) is 25.6. The lowest BCUT2D eigenvalue weighted by Gasteiger charge is -2.37. The molecule has 0 radical (unpaired) electrons. The molecule has 2 heterocycles. The summed E-state index contributed by atoms with van der Waals surface area (Å²) >= 11 is 0. The van der Waals surface area contributed by atoms with Gasteiger partial charge in [-0.2, -0.15) is 0 Å². The first kappa shape index (κ1) is 13.3. The minimum atomic E-state index is -0.580. The third kappa shape index (κ3) is 2.80. The quantitative estimate of drug-likeness (QED) is 0.595.